The van der Waals surface area contributed by atoms with Gasteiger partial charge in [0.15, 0.2) is 0 Å². The van der Waals surface area contributed by atoms with Gasteiger partial charge in [-0.1, -0.05) is 0 Å². The van der Waals surface area contributed by atoms with Crippen LogP contribution in [-0.4, -0.2) is 38.3 Å². The minimum absolute atomic E-state index is 0. The van der Waals surface area contributed by atoms with E-state index in [0.29, 0.717) is 13.2 Å². The molecule has 0 amide bonds. The molecule has 1 aromatic heterocycles. The number of hydrogen-bond acceptors (Lipinski definition) is 4. The average Bonchev–Trinajstić information content (AvgIpc) is 2.59. The number of halogens is 2. The summed E-state index contributed by atoms with van der Waals surface area (Å²) >= 11 is 5.23. The molecule has 0 fully saturated rings. The van der Waals surface area contributed by atoms with Crippen molar-refractivity contribution in [1.82, 2.24) is 4.90 Å². The van der Waals surface area contributed by atoms with Gasteiger partial charge in [-0.05, 0) is 35.1 Å². The Morgan fingerprint density at radius 3 is 2.75 bits per heavy atom. The van der Waals surface area contributed by atoms with E-state index in [0.717, 1.165) is 19.7 Å². The van der Waals surface area contributed by atoms with Crippen molar-refractivity contribution in [3.63, 3.8) is 0 Å². The Kier molecular flexibility index (Phi) is 9.59. The molecule has 0 bridgehead atoms. The molecule has 0 aromatic carbocycles. The van der Waals surface area contributed by atoms with E-state index in [1.807, 2.05) is 0 Å². The van der Waals surface area contributed by atoms with E-state index >= 15 is 0 Å². The SMILES string of the molecule is CN(CCOCCN)Cc1ccc(Br)s1.Cl. The summed E-state index contributed by atoms with van der Waals surface area (Å²) in [7, 11) is 2.10. The first kappa shape index (κ1) is 16.4. The molecule has 0 atom stereocenters. The van der Waals surface area contributed by atoms with Crippen LogP contribution in [0.2, 0.25) is 0 Å². The second-order valence-electron chi connectivity index (χ2n) is 3.34. The van der Waals surface area contributed by atoms with E-state index < -0.39 is 0 Å². The molecule has 16 heavy (non-hydrogen) atoms. The molecule has 1 rings (SSSR count). The Bertz CT molecular complexity index is 286. The van der Waals surface area contributed by atoms with Gasteiger partial charge in [-0.3, -0.25) is 4.90 Å². The monoisotopic (exact) mass is 328 g/mol. The average molecular weight is 330 g/mol. The van der Waals surface area contributed by atoms with Crippen molar-refractivity contribution in [1.29, 1.82) is 0 Å². The van der Waals surface area contributed by atoms with Crippen molar-refractivity contribution in [3.8, 4) is 0 Å². The number of hydrogen-bond donors (Lipinski definition) is 1. The summed E-state index contributed by atoms with van der Waals surface area (Å²) in [4.78, 5) is 3.61. The van der Waals surface area contributed by atoms with Crippen LogP contribution in [0.25, 0.3) is 0 Å². The van der Waals surface area contributed by atoms with Crippen molar-refractivity contribution >= 4 is 39.7 Å². The van der Waals surface area contributed by atoms with Crippen LogP contribution >= 0.6 is 39.7 Å². The lowest BCUT2D eigenvalue weighted by Crippen LogP contribution is -2.23. The topological polar surface area (TPSA) is 38.5 Å². The Morgan fingerprint density at radius 1 is 1.44 bits per heavy atom. The quantitative estimate of drug-likeness (QED) is 0.780. The van der Waals surface area contributed by atoms with Crippen LogP contribution in [0.3, 0.4) is 0 Å². The zero-order valence-corrected chi connectivity index (χ0v) is 12.5. The summed E-state index contributed by atoms with van der Waals surface area (Å²) in [5.74, 6) is 0. The van der Waals surface area contributed by atoms with Gasteiger partial charge in [0.1, 0.15) is 0 Å². The van der Waals surface area contributed by atoms with E-state index in [2.05, 4.69) is 40.0 Å². The van der Waals surface area contributed by atoms with Crippen LogP contribution < -0.4 is 5.73 Å². The first-order valence-corrected chi connectivity index (χ1v) is 6.54. The standard InChI is InChI=1S/C10H17BrN2OS.ClH/c1-13(5-7-14-6-4-12)8-9-2-3-10(11)15-9;/h2-3H,4-8,12H2,1H3;1H. The molecule has 94 valence electrons. The lowest BCUT2D eigenvalue weighted by molar-refractivity contribution is 0.116. The van der Waals surface area contributed by atoms with Gasteiger partial charge in [0.25, 0.3) is 0 Å². The van der Waals surface area contributed by atoms with Crippen LogP contribution in [0.5, 0.6) is 0 Å². The Morgan fingerprint density at radius 2 is 2.19 bits per heavy atom. The number of nitrogens with two attached hydrogens (primary N) is 1. The summed E-state index contributed by atoms with van der Waals surface area (Å²) in [5, 5.41) is 0. The Balaban J connectivity index is 0.00000225. The van der Waals surface area contributed by atoms with E-state index in [1.165, 1.54) is 8.66 Å². The summed E-state index contributed by atoms with van der Waals surface area (Å²) in [6, 6.07) is 4.23. The summed E-state index contributed by atoms with van der Waals surface area (Å²) in [6.07, 6.45) is 0. The van der Waals surface area contributed by atoms with Crippen LogP contribution in [0.1, 0.15) is 4.88 Å². The smallest absolute Gasteiger partial charge is 0.0701 e. The molecule has 0 spiro atoms. The van der Waals surface area contributed by atoms with Crippen LogP contribution in [0, 0.1) is 0 Å². The van der Waals surface area contributed by atoms with Gasteiger partial charge in [0.05, 0.1) is 17.0 Å². The minimum atomic E-state index is 0. The number of nitrogens with zero attached hydrogens (tertiary/aromatic N) is 1. The maximum absolute atomic E-state index is 5.33. The second-order valence-corrected chi connectivity index (χ2v) is 5.89. The van der Waals surface area contributed by atoms with Crippen LogP contribution in [0.15, 0.2) is 15.9 Å². The number of thiophene rings is 1. The molecule has 0 saturated carbocycles. The normalized spacial score (nSPS) is 10.5. The van der Waals surface area contributed by atoms with Gasteiger partial charge in [-0.25, -0.2) is 0 Å². The largest absolute Gasteiger partial charge is 0.379 e. The Hall–Kier alpha value is 0.350. The molecule has 0 unspecified atom stereocenters. The number of rotatable bonds is 7. The highest BCUT2D eigenvalue weighted by atomic mass is 79.9. The zero-order valence-electron chi connectivity index (χ0n) is 9.32. The summed E-state index contributed by atoms with van der Waals surface area (Å²) in [6.45, 7) is 3.91. The van der Waals surface area contributed by atoms with Crippen LogP contribution in [0.4, 0.5) is 0 Å². The fraction of sp³-hybridized carbons (Fsp3) is 0.600. The van der Waals surface area contributed by atoms with Crippen molar-refractivity contribution < 1.29 is 4.74 Å². The van der Waals surface area contributed by atoms with Crippen molar-refractivity contribution in [3.05, 3.63) is 20.8 Å². The van der Waals surface area contributed by atoms with Gasteiger partial charge in [-0.15, -0.1) is 23.7 Å². The molecular weight excluding hydrogens is 312 g/mol. The second kappa shape index (κ2) is 9.39. The lowest BCUT2D eigenvalue weighted by Gasteiger charge is -2.15. The van der Waals surface area contributed by atoms with Gasteiger partial charge in [0, 0.05) is 24.5 Å². The highest BCUT2D eigenvalue weighted by Gasteiger charge is 2.02. The molecule has 6 heteroatoms. The maximum atomic E-state index is 5.33. The molecule has 2 N–H and O–H groups in total. The van der Waals surface area contributed by atoms with E-state index in [-0.39, 0.29) is 12.4 Å². The molecule has 0 radical (unpaired) electrons. The van der Waals surface area contributed by atoms with Gasteiger partial charge < -0.3 is 10.5 Å². The highest BCUT2D eigenvalue weighted by Crippen LogP contribution is 2.22. The van der Waals surface area contributed by atoms with Gasteiger partial charge in [-0.2, -0.15) is 0 Å². The minimum Gasteiger partial charge on any atom is -0.379 e. The van der Waals surface area contributed by atoms with E-state index in [1.54, 1.807) is 11.3 Å². The van der Waals surface area contributed by atoms with Gasteiger partial charge >= 0.3 is 0 Å². The molecule has 1 heterocycles. The maximum Gasteiger partial charge on any atom is 0.0701 e. The third-order valence-corrected chi connectivity index (χ3v) is 3.54. The molecule has 0 aliphatic rings. The van der Waals surface area contributed by atoms with Crippen molar-refractivity contribution in [2.75, 3.05) is 33.4 Å². The molecule has 0 aliphatic carbocycles. The first-order chi connectivity index (χ1) is 7.22. The van der Waals surface area contributed by atoms with E-state index in [9.17, 15) is 0 Å². The highest BCUT2D eigenvalue weighted by molar-refractivity contribution is 9.11. The van der Waals surface area contributed by atoms with Crippen molar-refractivity contribution in [2.24, 2.45) is 5.73 Å². The summed E-state index contributed by atoms with van der Waals surface area (Å²) in [5.41, 5.74) is 5.33. The Labute approximate surface area is 115 Å². The third-order valence-electron chi connectivity index (χ3n) is 1.93. The lowest BCUT2D eigenvalue weighted by atomic mass is 10.4. The van der Waals surface area contributed by atoms with E-state index in [4.69, 9.17) is 10.5 Å². The molecule has 1 aromatic rings. The number of likely N-dealkylation sites (N-methyl/N-ethyl adjacent to an activating group) is 1. The fourth-order valence-corrected chi connectivity index (χ4v) is 2.75. The number of ether oxygens (including phenoxy) is 1. The van der Waals surface area contributed by atoms with Crippen molar-refractivity contribution in [2.45, 2.75) is 6.54 Å². The molecule has 0 aliphatic heterocycles. The predicted octanol–water partition coefficient (Wildman–Crippen LogP) is 2.34. The predicted molar refractivity (Wildman–Crippen MR) is 75.5 cm³/mol. The molecule has 0 saturated heterocycles. The molecular formula is C10H18BrClN2OS. The molecule has 3 nitrogen and oxygen atoms in total. The zero-order chi connectivity index (χ0) is 11.1. The first-order valence-electron chi connectivity index (χ1n) is 4.93. The fourth-order valence-electron chi connectivity index (χ4n) is 1.19. The van der Waals surface area contributed by atoms with Crippen LogP contribution in [-0.2, 0) is 11.3 Å². The third kappa shape index (κ3) is 6.83. The van der Waals surface area contributed by atoms with Gasteiger partial charge in [0.2, 0.25) is 0 Å². The summed E-state index contributed by atoms with van der Waals surface area (Å²) < 4.78 is 6.51.